The molecule has 1 N–H and O–H groups in total. The molecule has 2 heterocycles. The third-order valence-electron chi connectivity index (χ3n) is 5.74. The van der Waals surface area contributed by atoms with Crippen molar-refractivity contribution in [2.24, 2.45) is 0 Å². The second kappa shape index (κ2) is 10.2. The molecule has 0 radical (unpaired) electrons. The van der Waals surface area contributed by atoms with Crippen molar-refractivity contribution in [3.63, 3.8) is 0 Å². The molecule has 158 valence electrons. The maximum atomic E-state index is 12.0. The molecule has 0 aliphatic carbocycles. The first-order valence-electron chi connectivity index (χ1n) is 9.86. The topological polar surface area (TPSA) is 67.9 Å². The van der Waals surface area contributed by atoms with Crippen LogP contribution in [-0.4, -0.2) is 71.8 Å². The van der Waals surface area contributed by atoms with E-state index in [2.05, 4.69) is 48.4 Å². The molecular formula is C20H32N2O4S2. The lowest BCUT2D eigenvalue weighted by Gasteiger charge is -2.42. The molecule has 0 bridgehead atoms. The van der Waals surface area contributed by atoms with Crippen LogP contribution < -0.4 is 5.32 Å². The van der Waals surface area contributed by atoms with Crippen molar-refractivity contribution in [3.8, 4) is 12.3 Å². The lowest BCUT2D eigenvalue weighted by atomic mass is 9.81. The smallest absolute Gasteiger partial charge is 0.320 e. The van der Waals surface area contributed by atoms with Crippen molar-refractivity contribution in [2.45, 2.75) is 67.9 Å². The fourth-order valence-electron chi connectivity index (χ4n) is 3.93. The normalized spacial score (nSPS) is 28.8. The van der Waals surface area contributed by atoms with Crippen LogP contribution in [0.15, 0.2) is 0 Å². The number of piperidine rings is 2. The number of esters is 2. The zero-order chi connectivity index (χ0) is 20.8. The van der Waals surface area contributed by atoms with Crippen LogP contribution in [0, 0.1) is 12.3 Å². The van der Waals surface area contributed by atoms with Crippen molar-refractivity contribution in [1.82, 2.24) is 10.2 Å². The van der Waals surface area contributed by atoms with Gasteiger partial charge in [-0.25, -0.2) is 0 Å². The maximum absolute atomic E-state index is 12.0. The average Bonchev–Trinajstić information content (AvgIpc) is 2.68. The quantitative estimate of drug-likeness (QED) is 0.326. The fraction of sp³-hybridized carbons (Fsp3) is 0.800. The third-order valence-corrected chi connectivity index (χ3v) is 6.21. The number of thiol groups is 2. The number of rotatable bonds is 7. The molecule has 0 aromatic carbocycles. The van der Waals surface area contributed by atoms with Crippen molar-refractivity contribution < 1.29 is 19.1 Å². The molecule has 2 fully saturated rings. The van der Waals surface area contributed by atoms with Crippen molar-refractivity contribution in [2.75, 3.05) is 32.4 Å². The molecule has 2 rings (SSSR count). The van der Waals surface area contributed by atoms with Crippen LogP contribution in [0.5, 0.6) is 0 Å². The monoisotopic (exact) mass is 428 g/mol. The van der Waals surface area contributed by atoms with E-state index in [4.69, 9.17) is 15.9 Å². The molecule has 0 amide bonds. The van der Waals surface area contributed by atoms with E-state index in [1.807, 2.05) is 0 Å². The van der Waals surface area contributed by atoms with Gasteiger partial charge in [0.25, 0.3) is 0 Å². The van der Waals surface area contributed by atoms with Crippen LogP contribution in [0.3, 0.4) is 0 Å². The standard InChI is InChI=1S/C20H32N2O4S2/c1-4-19(26-18(24)15(2)28)7-10-21-16(13-19)5-6-20(25-17(23)14-27)8-11-22(3)12-9-20/h1,15-16,21,27-28H,5-14H2,2-3H3. The Morgan fingerprint density at radius 2 is 2.00 bits per heavy atom. The lowest BCUT2D eigenvalue weighted by Crippen LogP contribution is -2.52. The van der Waals surface area contributed by atoms with Gasteiger partial charge < -0.3 is 19.7 Å². The summed E-state index contributed by atoms with van der Waals surface area (Å²) >= 11 is 8.19. The van der Waals surface area contributed by atoms with Gasteiger partial charge in [-0.1, -0.05) is 5.92 Å². The zero-order valence-corrected chi connectivity index (χ0v) is 18.6. The first kappa shape index (κ1) is 23.4. The van der Waals surface area contributed by atoms with Gasteiger partial charge in [0.05, 0.1) is 11.0 Å². The summed E-state index contributed by atoms with van der Waals surface area (Å²) in [7, 11) is 2.07. The number of carbonyl (C=O) groups excluding carboxylic acids is 2. The van der Waals surface area contributed by atoms with E-state index in [0.717, 1.165) is 38.8 Å². The minimum atomic E-state index is -0.897. The lowest BCUT2D eigenvalue weighted by molar-refractivity contribution is -0.163. The SMILES string of the molecule is C#CC1(OC(=O)C(C)S)CCNC(CCC2(OC(=O)CS)CCN(C)CC2)C1. The number of ether oxygens (including phenoxy) is 2. The van der Waals surface area contributed by atoms with E-state index in [1.165, 1.54) is 0 Å². The van der Waals surface area contributed by atoms with Gasteiger partial charge in [0.2, 0.25) is 0 Å². The number of terminal acetylenes is 1. The highest BCUT2D eigenvalue weighted by Gasteiger charge is 2.41. The number of nitrogens with zero attached hydrogens (tertiary/aromatic N) is 1. The average molecular weight is 429 g/mol. The van der Waals surface area contributed by atoms with Gasteiger partial charge in [0.15, 0.2) is 5.60 Å². The molecule has 8 heteroatoms. The summed E-state index contributed by atoms with van der Waals surface area (Å²) in [6, 6.07) is 0.0964. The van der Waals surface area contributed by atoms with E-state index >= 15 is 0 Å². The molecule has 0 aromatic heterocycles. The molecule has 3 atom stereocenters. The minimum absolute atomic E-state index is 0.0807. The van der Waals surface area contributed by atoms with Gasteiger partial charge in [0, 0.05) is 38.5 Å². The van der Waals surface area contributed by atoms with Crippen LogP contribution in [0.1, 0.15) is 45.4 Å². The zero-order valence-electron chi connectivity index (χ0n) is 16.8. The Balaban J connectivity index is 2.01. The first-order chi connectivity index (χ1) is 13.2. The van der Waals surface area contributed by atoms with Gasteiger partial charge in [-0.2, -0.15) is 25.3 Å². The van der Waals surface area contributed by atoms with Crippen LogP contribution in [0.25, 0.3) is 0 Å². The van der Waals surface area contributed by atoms with Crippen LogP contribution in [0.2, 0.25) is 0 Å². The molecule has 28 heavy (non-hydrogen) atoms. The summed E-state index contributed by atoms with van der Waals surface area (Å²) in [4.78, 5) is 26.2. The highest BCUT2D eigenvalue weighted by Crippen LogP contribution is 2.34. The van der Waals surface area contributed by atoms with E-state index in [-0.39, 0.29) is 17.8 Å². The van der Waals surface area contributed by atoms with Gasteiger partial charge in [0.1, 0.15) is 5.60 Å². The summed E-state index contributed by atoms with van der Waals surface area (Å²) in [5.74, 6) is 2.12. The summed E-state index contributed by atoms with van der Waals surface area (Å²) in [6.07, 6.45) is 10.0. The number of likely N-dealkylation sites (tertiary alicyclic amines) is 1. The second-order valence-electron chi connectivity index (χ2n) is 8.00. The Morgan fingerprint density at radius 3 is 2.57 bits per heavy atom. The summed E-state index contributed by atoms with van der Waals surface area (Å²) in [5.41, 5.74) is -1.35. The van der Waals surface area contributed by atoms with Gasteiger partial charge in [-0.15, -0.1) is 6.42 Å². The predicted molar refractivity (Wildman–Crippen MR) is 116 cm³/mol. The van der Waals surface area contributed by atoms with Crippen molar-refractivity contribution >= 4 is 37.2 Å². The molecule has 6 nitrogen and oxygen atoms in total. The van der Waals surface area contributed by atoms with Gasteiger partial charge >= 0.3 is 11.9 Å². The molecule has 2 aliphatic rings. The Hall–Kier alpha value is -0.880. The summed E-state index contributed by atoms with van der Waals surface area (Å²) in [5, 5.41) is 2.96. The largest absolute Gasteiger partial charge is 0.458 e. The highest BCUT2D eigenvalue weighted by molar-refractivity contribution is 7.81. The number of nitrogens with one attached hydrogen (secondary N) is 1. The Bertz CT molecular complexity index is 600. The van der Waals surface area contributed by atoms with E-state index < -0.39 is 22.4 Å². The number of carbonyl (C=O) groups is 2. The minimum Gasteiger partial charge on any atom is -0.458 e. The Labute approximate surface area is 179 Å². The van der Waals surface area contributed by atoms with Crippen molar-refractivity contribution in [1.29, 1.82) is 0 Å². The first-order valence-corrected chi connectivity index (χ1v) is 11.0. The molecule has 0 spiro atoms. The van der Waals surface area contributed by atoms with Crippen molar-refractivity contribution in [3.05, 3.63) is 0 Å². The number of hydrogen-bond acceptors (Lipinski definition) is 8. The van der Waals surface area contributed by atoms with E-state index in [9.17, 15) is 9.59 Å². The maximum Gasteiger partial charge on any atom is 0.320 e. The fourth-order valence-corrected chi connectivity index (χ4v) is 4.04. The molecule has 3 unspecified atom stereocenters. The second-order valence-corrected chi connectivity index (χ2v) is 9.09. The number of hydrogen-bond donors (Lipinski definition) is 3. The Morgan fingerprint density at radius 1 is 1.32 bits per heavy atom. The summed E-state index contributed by atoms with van der Waals surface area (Å²) < 4.78 is 11.5. The van der Waals surface area contributed by atoms with Gasteiger partial charge in [-0.05, 0) is 39.7 Å². The molecule has 0 saturated carbocycles. The molecule has 2 aliphatic heterocycles. The molecule has 0 aromatic rings. The van der Waals surface area contributed by atoms with E-state index in [1.54, 1.807) is 6.92 Å². The molecular weight excluding hydrogens is 396 g/mol. The highest BCUT2D eigenvalue weighted by atomic mass is 32.1. The Kier molecular flexibility index (Phi) is 8.56. The van der Waals surface area contributed by atoms with E-state index in [0.29, 0.717) is 19.4 Å². The van der Waals surface area contributed by atoms with Crippen LogP contribution in [0.4, 0.5) is 0 Å². The van der Waals surface area contributed by atoms with Crippen LogP contribution >= 0.6 is 25.3 Å². The third kappa shape index (κ3) is 6.31. The predicted octanol–water partition coefficient (Wildman–Crippen LogP) is 1.69. The molecule has 2 saturated heterocycles. The van der Waals surface area contributed by atoms with Crippen LogP contribution in [-0.2, 0) is 19.1 Å². The van der Waals surface area contributed by atoms with Gasteiger partial charge in [-0.3, -0.25) is 9.59 Å². The summed E-state index contributed by atoms with van der Waals surface area (Å²) in [6.45, 7) is 4.14.